The van der Waals surface area contributed by atoms with Crippen molar-refractivity contribution < 1.29 is 4.79 Å². The Balaban J connectivity index is 1.76. The normalized spacial score (nSPS) is 10.8. The minimum absolute atomic E-state index is 0.131. The monoisotopic (exact) mass is 376 g/mol. The predicted molar refractivity (Wildman–Crippen MR) is 113 cm³/mol. The SMILES string of the molecule is Cc1ccc(-c2nn(Cc3ccccc3)cc2CNCCC(=O)N(C)C)cc1. The van der Waals surface area contributed by atoms with Crippen molar-refractivity contribution >= 4 is 5.91 Å². The summed E-state index contributed by atoms with van der Waals surface area (Å²) in [6.45, 7) is 4.15. The zero-order chi connectivity index (χ0) is 19.9. The van der Waals surface area contributed by atoms with E-state index >= 15 is 0 Å². The van der Waals surface area contributed by atoms with Crippen LogP contribution in [-0.2, 0) is 17.9 Å². The van der Waals surface area contributed by atoms with E-state index in [-0.39, 0.29) is 5.91 Å². The molecule has 3 rings (SSSR count). The van der Waals surface area contributed by atoms with Gasteiger partial charge >= 0.3 is 0 Å². The summed E-state index contributed by atoms with van der Waals surface area (Å²) in [4.78, 5) is 13.4. The molecule has 5 nitrogen and oxygen atoms in total. The third-order valence-corrected chi connectivity index (χ3v) is 4.68. The number of benzene rings is 2. The van der Waals surface area contributed by atoms with Gasteiger partial charge in [0.2, 0.25) is 5.91 Å². The Bertz CT molecular complexity index is 898. The van der Waals surface area contributed by atoms with Gasteiger partial charge in [-0.1, -0.05) is 60.2 Å². The van der Waals surface area contributed by atoms with Crippen LogP contribution in [0.25, 0.3) is 11.3 Å². The van der Waals surface area contributed by atoms with Crippen molar-refractivity contribution in [2.45, 2.75) is 26.4 Å². The Kier molecular flexibility index (Phi) is 6.61. The highest BCUT2D eigenvalue weighted by Crippen LogP contribution is 2.23. The number of hydrogen-bond acceptors (Lipinski definition) is 3. The maximum atomic E-state index is 11.8. The maximum absolute atomic E-state index is 11.8. The molecule has 0 aliphatic heterocycles. The van der Waals surface area contributed by atoms with Gasteiger partial charge in [-0.2, -0.15) is 5.10 Å². The Morgan fingerprint density at radius 3 is 2.46 bits per heavy atom. The third kappa shape index (κ3) is 5.30. The second-order valence-corrected chi connectivity index (χ2v) is 7.27. The van der Waals surface area contributed by atoms with Crippen LogP contribution in [0.15, 0.2) is 60.8 Å². The van der Waals surface area contributed by atoms with E-state index in [2.05, 4.69) is 54.8 Å². The van der Waals surface area contributed by atoms with Crippen LogP contribution in [0, 0.1) is 6.92 Å². The second-order valence-electron chi connectivity index (χ2n) is 7.27. The van der Waals surface area contributed by atoms with Gasteiger partial charge in [-0.25, -0.2) is 0 Å². The molecule has 0 bridgehead atoms. The van der Waals surface area contributed by atoms with E-state index < -0.39 is 0 Å². The van der Waals surface area contributed by atoms with Crippen molar-refractivity contribution in [3.05, 3.63) is 77.5 Å². The minimum Gasteiger partial charge on any atom is -0.349 e. The first-order chi connectivity index (χ1) is 13.5. The zero-order valence-electron chi connectivity index (χ0n) is 16.9. The summed E-state index contributed by atoms with van der Waals surface area (Å²) in [6.07, 6.45) is 2.59. The van der Waals surface area contributed by atoms with Gasteiger partial charge in [-0.05, 0) is 12.5 Å². The highest BCUT2D eigenvalue weighted by Gasteiger charge is 2.12. The Morgan fingerprint density at radius 1 is 1.07 bits per heavy atom. The smallest absolute Gasteiger partial charge is 0.223 e. The quantitative estimate of drug-likeness (QED) is 0.613. The Hall–Kier alpha value is -2.92. The highest BCUT2D eigenvalue weighted by molar-refractivity contribution is 5.75. The lowest BCUT2D eigenvalue weighted by atomic mass is 10.1. The van der Waals surface area contributed by atoms with E-state index in [1.54, 1.807) is 19.0 Å². The number of hydrogen-bond donors (Lipinski definition) is 1. The molecule has 0 saturated carbocycles. The lowest BCUT2D eigenvalue weighted by molar-refractivity contribution is -0.128. The van der Waals surface area contributed by atoms with Gasteiger partial charge in [0, 0.05) is 50.9 Å². The molecule has 28 heavy (non-hydrogen) atoms. The van der Waals surface area contributed by atoms with Crippen LogP contribution in [0.2, 0.25) is 0 Å². The first kappa shape index (κ1) is 19.8. The number of aryl methyl sites for hydroxylation is 1. The lowest BCUT2D eigenvalue weighted by Gasteiger charge is -2.10. The standard InChI is InChI=1S/C23H28N4O/c1-18-9-11-20(12-10-18)23-21(15-24-14-13-22(28)26(2)3)17-27(25-23)16-19-7-5-4-6-8-19/h4-12,17,24H,13-16H2,1-3H3. The summed E-state index contributed by atoms with van der Waals surface area (Å²) in [6, 6.07) is 18.8. The van der Waals surface area contributed by atoms with E-state index in [1.165, 1.54) is 11.1 Å². The molecule has 0 radical (unpaired) electrons. The van der Waals surface area contributed by atoms with Gasteiger partial charge in [0.1, 0.15) is 0 Å². The third-order valence-electron chi connectivity index (χ3n) is 4.68. The van der Waals surface area contributed by atoms with Crippen molar-refractivity contribution in [1.82, 2.24) is 20.0 Å². The van der Waals surface area contributed by atoms with Crippen LogP contribution >= 0.6 is 0 Å². The molecule has 5 heteroatoms. The van der Waals surface area contributed by atoms with E-state index in [0.717, 1.165) is 23.4 Å². The molecular formula is C23H28N4O. The van der Waals surface area contributed by atoms with Crippen LogP contribution in [-0.4, -0.2) is 41.2 Å². The highest BCUT2D eigenvalue weighted by atomic mass is 16.2. The molecule has 1 N–H and O–H groups in total. The van der Waals surface area contributed by atoms with Crippen molar-refractivity contribution in [3.8, 4) is 11.3 Å². The van der Waals surface area contributed by atoms with Gasteiger partial charge in [-0.15, -0.1) is 0 Å². The number of carbonyl (C=O) groups is 1. The summed E-state index contributed by atoms with van der Waals surface area (Å²) in [7, 11) is 3.57. The zero-order valence-corrected chi connectivity index (χ0v) is 16.9. The predicted octanol–water partition coefficient (Wildman–Crippen LogP) is 3.47. The van der Waals surface area contributed by atoms with E-state index in [1.807, 2.05) is 22.9 Å². The summed E-state index contributed by atoms with van der Waals surface area (Å²) < 4.78 is 1.99. The first-order valence-corrected chi connectivity index (χ1v) is 9.61. The number of carbonyl (C=O) groups excluding carboxylic acids is 1. The molecule has 0 saturated heterocycles. The topological polar surface area (TPSA) is 50.2 Å². The second kappa shape index (κ2) is 9.33. The Labute approximate surface area is 167 Å². The fourth-order valence-corrected chi connectivity index (χ4v) is 3.04. The Morgan fingerprint density at radius 2 is 1.79 bits per heavy atom. The van der Waals surface area contributed by atoms with Crippen molar-refractivity contribution in [2.75, 3.05) is 20.6 Å². The van der Waals surface area contributed by atoms with Gasteiger partial charge in [-0.3, -0.25) is 9.48 Å². The summed E-state index contributed by atoms with van der Waals surface area (Å²) in [5.41, 5.74) is 5.68. The van der Waals surface area contributed by atoms with Gasteiger partial charge < -0.3 is 10.2 Å². The van der Waals surface area contributed by atoms with Crippen LogP contribution < -0.4 is 5.32 Å². The van der Waals surface area contributed by atoms with E-state index in [9.17, 15) is 4.79 Å². The van der Waals surface area contributed by atoms with Crippen LogP contribution in [0.3, 0.4) is 0 Å². The molecule has 1 aromatic heterocycles. The summed E-state index contributed by atoms with van der Waals surface area (Å²) in [5.74, 6) is 0.131. The fourth-order valence-electron chi connectivity index (χ4n) is 3.04. The molecule has 2 aromatic carbocycles. The molecule has 3 aromatic rings. The summed E-state index contributed by atoms with van der Waals surface area (Å²) in [5, 5.41) is 8.23. The van der Waals surface area contributed by atoms with Crippen molar-refractivity contribution in [3.63, 3.8) is 0 Å². The van der Waals surface area contributed by atoms with Gasteiger partial charge in [0.15, 0.2) is 0 Å². The van der Waals surface area contributed by atoms with Gasteiger partial charge in [0.05, 0.1) is 12.2 Å². The number of rotatable bonds is 8. The number of nitrogens with one attached hydrogen (secondary N) is 1. The van der Waals surface area contributed by atoms with Crippen LogP contribution in [0.5, 0.6) is 0 Å². The van der Waals surface area contributed by atoms with Crippen LogP contribution in [0.4, 0.5) is 0 Å². The lowest BCUT2D eigenvalue weighted by Crippen LogP contribution is -2.26. The number of nitrogens with zero attached hydrogens (tertiary/aromatic N) is 3. The largest absolute Gasteiger partial charge is 0.349 e. The average Bonchev–Trinajstić information content (AvgIpc) is 3.08. The van der Waals surface area contributed by atoms with E-state index in [0.29, 0.717) is 19.5 Å². The average molecular weight is 377 g/mol. The fraction of sp³-hybridized carbons (Fsp3) is 0.304. The molecule has 0 aliphatic carbocycles. The molecule has 1 amide bonds. The maximum Gasteiger partial charge on any atom is 0.223 e. The number of aromatic nitrogens is 2. The van der Waals surface area contributed by atoms with Crippen molar-refractivity contribution in [1.29, 1.82) is 0 Å². The van der Waals surface area contributed by atoms with E-state index in [4.69, 9.17) is 5.10 Å². The van der Waals surface area contributed by atoms with Crippen LogP contribution in [0.1, 0.15) is 23.1 Å². The molecule has 1 heterocycles. The summed E-state index contributed by atoms with van der Waals surface area (Å²) >= 11 is 0. The minimum atomic E-state index is 0.131. The first-order valence-electron chi connectivity index (χ1n) is 9.61. The molecule has 0 unspecified atom stereocenters. The van der Waals surface area contributed by atoms with Gasteiger partial charge in [0.25, 0.3) is 0 Å². The molecule has 0 atom stereocenters. The molecule has 0 aliphatic rings. The molecule has 146 valence electrons. The van der Waals surface area contributed by atoms with Crippen molar-refractivity contribution in [2.24, 2.45) is 0 Å². The molecule has 0 fully saturated rings. The molecule has 0 spiro atoms. The molecular weight excluding hydrogens is 348 g/mol. The number of amides is 1.